The number of nitrogens with zero attached hydrogens (tertiary/aromatic N) is 2. The predicted molar refractivity (Wildman–Crippen MR) is 73.1 cm³/mol. The normalized spacial score (nSPS) is 21.8. The highest BCUT2D eigenvalue weighted by molar-refractivity contribution is 5.75. The van der Waals surface area contributed by atoms with Gasteiger partial charge in [0.15, 0.2) is 0 Å². The molecule has 2 atom stereocenters. The van der Waals surface area contributed by atoms with Crippen molar-refractivity contribution in [2.75, 3.05) is 20.3 Å². The lowest BCUT2D eigenvalue weighted by Gasteiger charge is -2.29. The number of pyridine rings is 1. The molecule has 0 radical (unpaired) electrons. The number of alkyl halides is 2. The highest BCUT2D eigenvalue weighted by atomic mass is 19.3. The van der Waals surface area contributed by atoms with Crippen LogP contribution in [-0.4, -0.2) is 48.1 Å². The van der Waals surface area contributed by atoms with Crippen LogP contribution in [0.15, 0.2) is 24.5 Å². The largest absolute Gasteiger partial charge is 0.373 e. The van der Waals surface area contributed by atoms with Gasteiger partial charge in [0.25, 0.3) is 5.92 Å². The van der Waals surface area contributed by atoms with E-state index in [1.165, 1.54) is 4.90 Å². The van der Waals surface area contributed by atoms with Crippen LogP contribution in [0.25, 0.3) is 0 Å². The van der Waals surface area contributed by atoms with Crippen LogP contribution < -0.4 is 5.32 Å². The Hall–Kier alpha value is -1.76. The Morgan fingerprint density at radius 2 is 2.24 bits per heavy atom. The maximum atomic E-state index is 13.5. The molecule has 1 aliphatic rings. The van der Waals surface area contributed by atoms with Crippen LogP contribution in [0.4, 0.5) is 13.6 Å². The number of nitrogens with one attached hydrogen (secondary N) is 1. The Bertz CT molecular complexity index is 484. The van der Waals surface area contributed by atoms with Gasteiger partial charge in [-0.1, -0.05) is 6.92 Å². The van der Waals surface area contributed by atoms with E-state index in [1.54, 1.807) is 19.4 Å². The van der Waals surface area contributed by atoms with Gasteiger partial charge < -0.3 is 15.0 Å². The van der Waals surface area contributed by atoms with E-state index in [0.717, 1.165) is 5.56 Å². The fourth-order valence-corrected chi connectivity index (χ4v) is 2.39. The van der Waals surface area contributed by atoms with Gasteiger partial charge in [0, 0.05) is 19.4 Å². The smallest absolute Gasteiger partial charge is 0.318 e. The van der Waals surface area contributed by atoms with Crippen molar-refractivity contribution in [2.45, 2.75) is 31.4 Å². The minimum Gasteiger partial charge on any atom is -0.373 e. The Morgan fingerprint density at radius 1 is 1.57 bits per heavy atom. The molecule has 0 aromatic carbocycles. The number of carbonyl (C=O) groups is 1. The molecule has 1 aromatic rings. The van der Waals surface area contributed by atoms with Crippen LogP contribution in [-0.2, 0) is 4.74 Å². The van der Waals surface area contributed by atoms with Crippen LogP contribution >= 0.6 is 0 Å². The molecule has 1 saturated heterocycles. The van der Waals surface area contributed by atoms with E-state index < -0.39 is 24.6 Å². The second-order valence-corrected chi connectivity index (χ2v) is 5.09. The van der Waals surface area contributed by atoms with Gasteiger partial charge in [-0.15, -0.1) is 0 Å². The maximum absolute atomic E-state index is 13.5. The summed E-state index contributed by atoms with van der Waals surface area (Å²) < 4.78 is 31.7. The topological polar surface area (TPSA) is 54.5 Å². The molecule has 0 spiro atoms. The molecule has 5 nitrogen and oxygen atoms in total. The lowest BCUT2D eigenvalue weighted by atomic mass is 10.1. The first-order valence-electron chi connectivity index (χ1n) is 6.84. The number of amides is 2. The summed E-state index contributed by atoms with van der Waals surface area (Å²) >= 11 is 0. The third kappa shape index (κ3) is 3.47. The van der Waals surface area contributed by atoms with Gasteiger partial charge in [0.05, 0.1) is 12.6 Å². The van der Waals surface area contributed by atoms with E-state index in [1.807, 2.05) is 19.1 Å². The molecule has 1 aliphatic heterocycles. The average molecular weight is 299 g/mol. The maximum Gasteiger partial charge on any atom is 0.318 e. The van der Waals surface area contributed by atoms with Crippen molar-refractivity contribution < 1.29 is 18.3 Å². The summed E-state index contributed by atoms with van der Waals surface area (Å²) in [5.41, 5.74) is 0.916. The summed E-state index contributed by atoms with van der Waals surface area (Å²) in [6, 6.07) is 1.62. The standard InChI is InChI=1S/C14H19F2N3O2/c1-3-11(10-4-6-17-7-5-10)19(2)13(20)18-12-8-21-9-14(12,15)16/h4-7,11-12H,3,8-9H2,1-2H3,(H,18,20)/t11-,12+/m1/s1. The molecule has 21 heavy (non-hydrogen) atoms. The van der Waals surface area contributed by atoms with E-state index >= 15 is 0 Å². The first kappa shape index (κ1) is 15.6. The molecule has 2 amide bonds. The third-order valence-corrected chi connectivity index (χ3v) is 3.65. The number of hydrogen-bond acceptors (Lipinski definition) is 3. The third-order valence-electron chi connectivity index (χ3n) is 3.65. The van der Waals surface area contributed by atoms with Crippen molar-refractivity contribution >= 4 is 6.03 Å². The van der Waals surface area contributed by atoms with Crippen molar-refractivity contribution in [1.82, 2.24) is 15.2 Å². The van der Waals surface area contributed by atoms with Crippen molar-refractivity contribution in [1.29, 1.82) is 0 Å². The summed E-state index contributed by atoms with van der Waals surface area (Å²) in [6.07, 6.45) is 3.96. The Kier molecular flexibility index (Phi) is 4.72. The van der Waals surface area contributed by atoms with Gasteiger partial charge >= 0.3 is 6.03 Å². The Balaban J connectivity index is 2.04. The zero-order chi connectivity index (χ0) is 15.5. The quantitative estimate of drug-likeness (QED) is 0.927. The lowest BCUT2D eigenvalue weighted by Crippen LogP contribution is -2.51. The zero-order valence-electron chi connectivity index (χ0n) is 12.1. The van der Waals surface area contributed by atoms with E-state index in [9.17, 15) is 13.6 Å². The molecule has 0 saturated carbocycles. The van der Waals surface area contributed by atoms with Gasteiger partial charge in [0.2, 0.25) is 0 Å². The van der Waals surface area contributed by atoms with Crippen LogP contribution in [0.5, 0.6) is 0 Å². The molecule has 0 bridgehead atoms. The highest BCUT2D eigenvalue weighted by Crippen LogP contribution is 2.27. The summed E-state index contributed by atoms with van der Waals surface area (Å²) in [5, 5.41) is 2.35. The summed E-state index contributed by atoms with van der Waals surface area (Å²) in [4.78, 5) is 17.5. The number of halogens is 2. The zero-order valence-corrected chi connectivity index (χ0v) is 12.1. The fourth-order valence-electron chi connectivity index (χ4n) is 2.39. The van der Waals surface area contributed by atoms with Crippen molar-refractivity contribution in [3.05, 3.63) is 30.1 Å². The molecule has 2 heterocycles. The van der Waals surface area contributed by atoms with Gasteiger partial charge in [-0.05, 0) is 24.1 Å². The lowest BCUT2D eigenvalue weighted by molar-refractivity contribution is -0.0224. The minimum absolute atomic E-state index is 0.168. The second-order valence-electron chi connectivity index (χ2n) is 5.09. The van der Waals surface area contributed by atoms with Gasteiger partial charge in [-0.25, -0.2) is 13.6 Å². The van der Waals surface area contributed by atoms with Crippen molar-refractivity contribution in [3.8, 4) is 0 Å². The number of carbonyl (C=O) groups excluding carboxylic acids is 1. The number of urea groups is 1. The van der Waals surface area contributed by atoms with E-state index in [2.05, 4.69) is 10.3 Å². The van der Waals surface area contributed by atoms with Gasteiger partial charge in [-0.2, -0.15) is 0 Å². The average Bonchev–Trinajstić information content (AvgIpc) is 2.79. The van der Waals surface area contributed by atoms with E-state index in [4.69, 9.17) is 4.74 Å². The van der Waals surface area contributed by atoms with Gasteiger partial charge in [-0.3, -0.25) is 4.98 Å². The van der Waals surface area contributed by atoms with Crippen LogP contribution in [0.2, 0.25) is 0 Å². The monoisotopic (exact) mass is 299 g/mol. The number of rotatable bonds is 4. The molecule has 7 heteroatoms. The van der Waals surface area contributed by atoms with Crippen LogP contribution in [0, 0.1) is 0 Å². The van der Waals surface area contributed by atoms with Crippen LogP contribution in [0.3, 0.4) is 0 Å². The SMILES string of the molecule is CC[C@H](c1ccncc1)N(C)C(=O)N[C@H]1COCC1(F)F. The number of ether oxygens (including phenoxy) is 1. The Morgan fingerprint density at radius 3 is 2.76 bits per heavy atom. The Labute approximate surface area is 122 Å². The van der Waals surface area contributed by atoms with E-state index in [0.29, 0.717) is 6.42 Å². The van der Waals surface area contributed by atoms with Gasteiger partial charge in [0.1, 0.15) is 12.6 Å². The molecule has 0 aliphatic carbocycles. The molecule has 2 rings (SSSR count). The molecule has 1 N–H and O–H groups in total. The summed E-state index contributed by atoms with van der Waals surface area (Å²) in [5.74, 6) is -3.02. The minimum atomic E-state index is -3.02. The molecular weight excluding hydrogens is 280 g/mol. The molecule has 116 valence electrons. The molecule has 1 fully saturated rings. The molecule has 1 aromatic heterocycles. The predicted octanol–water partition coefficient (Wildman–Crippen LogP) is 2.21. The van der Waals surface area contributed by atoms with Crippen molar-refractivity contribution in [3.63, 3.8) is 0 Å². The summed E-state index contributed by atoms with van der Waals surface area (Å²) in [6.45, 7) is 1.12. The molecule has 0 unspecified atom stereocenters. The first-order chi connectivity index (χ1) is 9.95. The van der Waals surface area contributed by atoms with Crippen molar-refractivity contribution in [2.24, 2.45) is 0 Å². The first-order valence-corrected chi connectivity index (χ1v) is 6.84. The highest BCUT2D eigenvalue weighted by Gasteiger charge is 2.46. The van der Waals surface area contributed by atoms with Crippen LogP contribution in [0.1, 0.15) is 24.9 Å². The number of aromatic nitrogens is 1. The fraction of sp³-hybridized carbons (Fsp3) is 0.571. The summed E-state index contributed by atoms with van der Waals surface area (Å²) in [7, 11) is 1.60. The second kappa shape index (κ2) is 6.34. The van der Waals surface area contributed by atoms with E-state index in [-0.39, 0.29) is 12.6 Å². The number of hydrogen-bond donors (Lipinski definition) is 1. The molecular formula is C14H19F2N3O2.